The third-order valence-corrected chi connectivity index (χ3v) is 2.92. The van der Waals surface area contributed by atoms with Gasteiger partial charge in [-0.3, -0.25) is 4.90 Å². The second kappa shape index (κ2) is 4.06. The van der Waals surface area contributed by atoms with Gasteiger partial charge in [0.25, 0.3) is 0 Å². The monoisotopic (exact) mass is 220 g/mol. The Hall–Kier alpha value is -1.09. The average Bonchev–Trinajstić information content (AvgIpc) is 2.15. The van der Waals surface area contributed by atoms with Gasteiger partial charge in [0.1, 0.15) is 6.10 Å². The number of likely N-dealkylation sites (N-methyl/N-ethyl adjacent to an activating group) is 1. The Morgan fingerprint density at radius 2 is 2.00 bits per heavy atom. The van der Waals surface area contributed by atoms with E-state index in [4.69, 9.17) is 4.74 Å². The SMILES string of the molecule is CN1CC(Oc2ccc(C(C)(C)C)cn2)C1. The predicted molar refractivity (Wildman–Crippen MR) is 64.9 cm³/mol. The summed E-state index contributed by atoms with van der Waals surface area (Å²) in [7, 11) is 2.09. The first-order valence-electron chi connectivity index (χ1n) is 5.77. The zero-order chi connectivity index (χ0) is 11.8. The van der Waals surface area contributed by atoms with Crippen molar-refractivity contribution in [3.63, 3.8) is 0 Å². The van der Waals surface area contributed by atoms with E-state index in [1.807, 2.05) is 12.3 Å². The second-order valence-corrected chi connectivity index (χ2v) is 5.60. The van der Waals surface area contributed by atoms with Crippen molar-refractivity contribution in [2.45, 2.75) is 32.3 Å². The lowest BCUT2D eigenvalue weighted by atomic mass is 9.88. The van der Waals surface area contributed by atoms with Gasteiger partial charge in [0.05, 0.1) is 0 Å². The number of nitrogens with zero attached hydrogens (tertiary/aromatic N) is 2. The van der Waals surface area contributed by atoms with Crippen molar-refractivity contribution in [3.8, 4) is 5.88 Å². The molecule has 0 N–H and O–H groups in total. The molecule has 88 valence electrons. The van der Waals surface area contributed by atoms with Gasteiger partial charge >= 0.3 is 0 Å². The lowest BCUT2D eigenvalue weighted by Gasteiger charge is -2.35. The van der Waals surface area contributed by atoms with Crippen LogP contribution in [0.2, 0.25) is 0 Å². The van der Waals surface area contributed by atoms with Crippen LogP contribution in [0.25, 0.3) is 0 Å². The fraction of sp³-hybridized carbons (Fsp3) is 0.615. The van der Waals surface area contributed by atoms with Crippen molar-refractivity contribution < 1.29 is 4.74 Å². The number of rotatable bonds is 2. The zero-order valence-electron chi connectivity index (χ0n) is 10.5. The summed E-state index contributed by atoms with van der Waals surface area (Å²) in [5.41, 5.74) is 1.40. The molecule has 0 radical (unpaired) electrons. The van der Waals surface area contributed by atoms with Crippen molar-refractivity contribution in [1.29, 1.82) is 0 Å². The van der Waals surface area contributed by atoms with Gasteiger partial charge in [-0.1, -0.05) is 26.8 Å². The Bertz CT molecular complexity index is 347. The Kier molecular flexibility index (Phi) is 2.89. The second-order valence-electron chi connectivity index (χ2n) is 5.60. The van der Waals surface area contributed by atoms with Crippen LogP contribution >= 0.6 is 0 Å². The van der Waals surface area contributed by atoms with E-state index in [2.05, 4.69) is 43.8 Å². The molecule has 16 heavy (non-hydrogen) atoms. The Morgan fingerprint density at radius 3 is 2.44 bits per heavy atom. The van der Waals surface area contributed by atoms with Crippen LogP contribution in [-0.4, -0.2) is 36.1 Å². The van der Waals surface area contributed by atoms with Crippen molar-refractivity contribution in [2.75, 3.05) is 20.1 Å². The van der Waals surface area contributed by atoms with E-state index in [-0.39, 0.29) is 5.41 Å². The van der Waals surface area contributed by atoms with Crippen molar-refractivity contribution in [3.05, 3.63) is 23.9 Å². The van der Waals surface area contributed by atoms with E-state index >= 15 is 0 Å². The summed E-state index contributed by atoms with van der Waals surface area (Å²) in [5.74, 6) is 0.742. The first-order valence-corrected chi connectivity index (χ1v) is 5.77. The van der Waals surface area contributed by atoms with Gasteiger partial charge in [0.2, 0.25) is 5.88 Å². The summed E-state index contributed by atoms with van der Waals surface area (Å²) < 4.78 is 5.74. The third kappa shape index (κ3) is 2.53. The molecule has 1 aliphatic heterocycles. The van der Waals surface area contributed by atoms with Gasteiger partial charge in [-0.15, -0.1) is 0 Å². The minimum absolute atomic E-state index is 0.155. The highest BCUT2D eigenvalue weighted by Gasteiger charge is 2.25. The van der Waals surface area contributed by atoms with Gasteiger partial charge < -0.3 is 4.74 Å². The lowest BCUT2D eigenvalue weighted by Crippen LogP contribution is -2.51. The van der Waals surface area contributed by atoms with Crippen LogP contribution in [0.4, 0.5) is 0 Å². The number of likely N-dealkylation sites (tertiary alicyclic amines) is 1. The summed E-state index contributed by atoms with van der Waals surface area (Å²) in [6, 6.07) is 4.07. The fourth-order valence-corrected chi connectivity index (χ4v) is 1.78. The molecular weight excluding hydrogens is 200 g/mol. The molecule has 0 atom stereocenters. The Morgan fingerprint density at radius 1 is 1.31 bits per heavy atom. The topological polar surface area (TPSA) is 25.4 Å². The van der Waals surface area contributed by atoms with Crippen molar-refractivity contribution in [2.24, 2.45) is 0 Å². The van der Waals surface area contributed by atoms with Crippen LogP contribution in [0, 0.1) is 0 Å². The summed E-state index contributed by atoms with van der Waals surface area (Å²) in [6.45, 7) is 8.56. The molecule has 3 heteroatoms. The smallest absolute Gasteiger partial charge is 0.213 e. The molecule has 0 spiro atoms. The minimum Gasteiger partial charge on any atom is -0.472 e. The quantitative estimate of drug-likeness (QED) is 0.763. The largest absolute Gasteiger partial charge is 0.472 e. The zero-order valence-corrected chi connectivity index (χ0v) is 10.5. The van der Waals surface area contributed by atoms with Gasteiger partial charge in [0.15, 0.2) is 0 Å². The van der Waals surface area contributed by atoms with Crippen LogP contribution < -0.4 is 4.74 Å². The van der Waals surface area contributed by atoms with Crippen LogP contribution in [-0.2, 0) is 5.41 Å². The molecule has 3 nitrogen and oxygen atoms in total. The predicted octanol–water partition coefficient (Wildman–Crippen LogP) is 2.07. The summed E-state index contributed by atoms with van der Waals surface area (Å²) in [5, 5.41) is 0. The molecule has 0 amide bonds. The average molecular weight is 220 g/mol. The highest BCUT2D eigenvalue weighted by atomic mass is 16.5. The maximum atomic E-state index is 5.74. The fourth-order valence-electron chi connectivity index (χ4n) is 1.78. The minimum atomic E-state index is 0.155. The maximum Gasteiger partial charge on any atom is 0.213 e. The molecule has 1 aliphatic rings. The molecular formula is C13H20N2O. The molecule has 0 aliphatic carbocycles. The first kappa shape index (κ1) is 11.4. The highest BCUT2D eigenvalue weighted by Crippen LogP contribution is 2.23. The normalized spacial score (nSPS) is 18.2. The number of ether oxygens (including phenoxy) is 1. The van der Waals surface area contributed by atoms with E-state index in [1.165, 1.54) is 5.56 Å². The van der Waals surface area contributed by atoms with Crippen LogP contribution in [0.3, 0.4) is 0 Å². The van der Waals surface area contributed by atoms with E-state index in [9.17, 15) is 0 Å². The van der Waals surface area contributed by atoms with Crippen LogP contribution in [0.5, 0.6) is 5.88 Å². The standard InChI is InChI=1S/C13H20N2O/c1-13(2,3)10-5-6-12(14-7-10)16-11-8-15(4)9-11/h5-7,11H,8-9H2,1-4H3. The Labute approximate surface area is 97.4 Å². The molecule has 2 rings (SSSR count). The van der Waals surface area contributed by atoms with E-state index in [0.29, 0.717) is 6.10 Å². The van der Waals surface area contributed by atoms with Crippen LogP contribution in [0.1, 0.15) is 26.3 Å². The number of aromatic nitrogens is 1. The maximum absolute atomic E-state index is 5.74. The number of hydrogen-bond donors (Lipinski definition) is 0. The van der Waals surface area contributed by atoms with Gasteiger partial charge in [-0.2, -0.15) is 0 Å². The summed E-state index contributed by atoms with van der Waals surface area (Å²) >= 11 is 0. The Balaban J connectivity index is 1.97. The van der Waals surface area contributed by atoms with Crippen molar-refractivity contribution >= 4 is 0 Å². The number of hydrogen-bond acceptors (Lipinski definition) is 3. The van der Waals surface area contributed by atoms with Crippen LogP contribution in [0.15, 0.2) is 18.3 Å². The molecule has 0 aromatic carbocycles. The third-order valence-electron chi connectivity index (χ3n) is 2.92. The molecule has 1 fully saturated rings. The van der Waals surface area contributed by atoms with E-state index < -0.39 is 0 Å². The lowest BCUT2D eigenvalue weighted by molar-refractivity contribution is 0.0355. The van der Waals surface area contributed by atoms with Gasteiger partial charge in [-0.25, -0.2) is 4.98 Å². The molecule has 1 aromatic rings. The molecule has 1 saturated heterocycles. The van der Waals surface area contributed by atoms with E-state index in [0.717, 1.165) is 19.0 Å². The molecule has 0 unspecified atom stereocenters. The molecule has 0 bridgehead atoms. The summed E-state index contributed by atoms with van der Waals surface area (Å²) in [4.78, 5) is 6.58. The van der Waals surface area contributed by atoms with E-state index in [1.54, 1.807) is 0 Å². The van der Waals surface area contributed by atoms with Gasteiger partial charge in [0, 0.05) is 25.4 Å². The molecule has 2 heterocycles. The molecule has 1 aromatic heterocycles. The van der Waals surface area contributed by atoms with Gasteiger partial charge in [-0.05, 0) is 18.0 Å². The summed E-state index contributed by atoms with van der Waals surface area (Å²) in [6.07, 6.45) is 2.23. The first-order chi connectivity index (χ1) is 7.45. The molecule has 0 saturated carbocycles. The highest BCUT2D eigenvalue weighted by molar-refractivity contribution is 5.23. The number of pyridine rings is 1. The van der Waals surface area contributed by atoms with Crippen molar-refractivity contribution in [1.82, 2.24) is 9.88 Å².